The predicted molar refractivity (Wildman–Crippen MR) is 146 cm³/mol. The first-order chi connectivity index (χ1) is 18.2. The summed E-state index contributed by atoms with van der Waals surface area (Å²) in [4.78, 5) is 30.3. The highest BCUT2D eigenvalue weighted by molar-refractivity contribution is 6.31. The standard InChI is InChI=1S/C29H34ClFN4O3/c1-18-14-34(15-19(2)38-18)29(37)28-22(21-6-3-4-9-25(21)35(28)17-26(32)36)16-33-12-10-20(11-13-33)27-23(30)7-5-8-24(27)31/h3-9,18-20H,10-17H2,1-2H3,(H2,32,36). The quantitative estimate of drug-likeness (QED) is 0.497. The van der Waals surface area contributed by atoms with E-state index >= 15 is 0 Å². The summed E-state index contributed by atoms with van der Waals surface area (Å²) >= 11 is 6.34. The van der Waals surface area contributed by atoms with E-state index in [2.05, 4.69) is 4.90 Å². The fourth-order valence-electron chi connectivity index (χ4n) is 6.10. The Labute approximate surface area is 227 Å². The third-order valence-electron chi connectivity index (χ3n) is 7.68. The van der Waals surface area contributed by atoms with Crippen LogP contribution in [0.4, 0.5) is 4.39 Å². The predicted octanol–water partition coefficient (Wildman–Crippen LogP) is 4.55. The summed E-state index contributed by atoms with van der Waals surface area (Å²) < 4.78 is 22.2. The summed E-state index contributed by atoms with van der Waals surface area (Å²) in [5.74, 6) is -0.828. The van der Waals surface area contributed by atoms with Crippen LogP contribution in [0, 0.1) is 5.82 Å². The van der Waals surface area contributed by atoms with Crippen molar-refractivity contribution in [3.8, 4) is 0 Å². The van der Waals surface area contributed by atoms with Crippen molar-refractivity contribution in [3.63, 3.8) is 0 Å². The highest BCUT2D eigenvalue weighted by Gasteiger charge is 2.33. The van der Waals surface area contributed by atoms with Crippen LogP contribution in [0.1, 0.15) is 54.2 Å². The highest BCUT2D eigenvalue weighted by Crippen LogP contribution is 2.36. The van der Waals surface area contributed by atoms with Gasteiger partial charge in [0, 0.05) is 46.7 Å². The maximum Gasteiger partial charge on any atom is 0.271 e. The van der Waals surface area contributed by atoms with Gasteiger partial charge < -0.3 is 19.9 Å². The van der Waals surface area contributed by atoms with Crippen molar-refractivity contribution in [3.05, 3.63) is 70.1 Å². The molecule has 9 heteroatoms. The first-order valence-corrected chi connectivity index (χ1v) is 13.6. The first-order valence-electron chi connectivity index (χ1n) is 13.2. The van der Waals surface area contributed by atoms with Gasteiger partial charge in [-0.05, 0) is 63.9 Å². The van der Waals surface area contributed by atoms with Crippen molar-refractivity contribution >= 4 is 34.3 Å². The molecule has 1 aromatic heterocycles. The average molecular weight is 541 g/mol. The van der Waals surface area contributed by atoms with Crippen LogP contribution < -0.4 is 5.73 Å². The molecule has 2 atom stereocenters. The molecule has 0 saturated carbocycles. The Morgan fingerprint density at radius 3 is 2.39 bits per heavy atom. The Morgan fingerprint density at radius 1 is 1.05 bits per heavy atom. The number of amides is 2. The van der Waals surface area contributed by atoms with Crippen molar-refractivity contribution < 1.29 is 18.7 Å². The van der Waals surface area contributed by atoms with Gasteiger partial charge in [0.05, 0.1) is 12.2 Å². The zero-order chi connectivity index (χ0) is 27.0. The lowest BCUT2D eigenvalue weighted by molar-refractivity contribution is -0.118. The number of primary amides is 1. The Hall–Kier alpha value is -2.94. The van der Waals surface area contributed by atoms with E-state index in [1.54, 1.807) is 16.7 Å². The van der Waals surface area contributed by atoms with E-state index in [-0.39, 0.29) is 36.4 Å². The molecule has 0 spiro atoms. The fourth-order valence-corrected chi connectivity index (χ4v) is 6.41. The number of nitrogens with two attached hydrogens (primary N) is 1. The van der Waals surface area contributed by atoms with E-state index < -0.39 is 5.91 Å². The second-order valence-electron chi connectivity index (χ2n) is 10.5. The topological polar surface area (TPSA) is 80.8 Å². The van der Waals surface area contributed by atoms with Crippen LogP contribution in [0.25, 0.3) is 10.9 Å². The number of hydrogen-bond donors (Lipinski definition) is 1. The molecule has 0 bridgehead atoms. The number of ether oxygens (including phenoxy) is 1. The average Bonchev–Trinajstić information content (AvgIpc) is 3.16. The molecule has 3 aromatic rings. The molecular formula is C29H34ClFN4O3. The van der Waals surface area contributed by atoms with Crippen LogP contribution in [-0.4, -0.2) is 64.6 Å². The number of likely N-dealkylation sites (tertiary alicyclic amines) is 1. The highest BCUT2D eigenvalue weighted by atomic mass is 35.5. The number of fused-ring (bicyclic) bond motifs is 1. The Morgan fingerprint density at radius 2 is 1.74 bits per heavy atom. The Balaban J connectivity index is 1.47. The minimum absolute atomic E-state index is 0.0496. The van der Waals surface area contributed by atoms with Gasteiger partial charge in [0.25, 0.3) is 5.91 Å². The first kappa shape index (κ1) is 26.7. The molecule has 2 aromatic carbocycles. The van der Waals surface area contributed by atoms with Gasteiger partial charge in [0.15, 0.2) is 0 Å². The lowest BCUT2D eigenvalue weighted by Gasteiger charge is -2.36. The Kier molecular flexibility index (Phi) is 7.75. The van der Waals surface area contributed by atoms with Gasteiger partial charge in [-0.25, -0.2) is 4.39 Å². The van der Waals surface area contributed by atoms with Crippen molar-refractivity contribution in [2.24, 2.45) is 5.73 Å². The minimum Gasteiger partial charge on any atom is -0.372 e. The van der Waals surface area contributed by atoms with Crippen molar-refractivity contribution in [2.45, 2.75) is 57.9 Å². The maximum absolute atomic E-state index is 14.5. The second kappa shape index (κ2) is 11.0. The normalized spacial score (nSPS) is 21.2. The number of benzene rings is 2. The SMILES string of the molecule is CC1CN(C(=O)c2c(CN3CCC(c4c(F)cccc4Cl)CC3)c3ccccc3n2CC(N)=O)CC(C)O1. The van der Waals surface area contributed by atoms with E-state index in [0.717, 1.165) is 42.4 Å². The molecule has 7 nitrogen and oxygen atoms in total. The number of para-hydroxylation sites is 1. The van der Waals surface area contributed by atoms with Gasteiger partial charge in [0.2, 0.25) is 5.91 Å². The summed E-state index contributed by atoms with van der Waals surface area (Å²) in [6.07, 6.45) is 1.37. The van der Waals surface area contributed by atoms with Crippen LogP contribution in [0.2, 0.25) is 5.02 Å². The molecule has 0 aliphatic carbocycles. The fraction of sp³-hybridized carbons (Fsp3) is 0.448. The summed E-state index contributed by atoms with van der Waals surface area (Å²) in [6, 6.07) is 12.6. The number of piperidine rings is 1. The molecule has 5 rings (SSSR count). The smallest absolute Gasteiger partial charge is 0.271 e. The number of hydrogen-bond acceptors (Lipinski definition) is 4. The van der Waals surface area contributed by atoms with Gasteiger partial charge in [-0.15, -0.1) is 0 Å². The second-order valence-corrected chi connectivity index (χ2v) is 11.0. The van der Waals surface area contributed by atoms with E-state index in [4.69, 9.17) is 22.1 Å². The molecule has 202 valence electrons. The van der Waals surface area contributed by atoms with Crippen LogP contribution in [0.3, 0.4) is 0 Å². The summed E-state index contributed by atoms with van der Waals surface area (Å²) in [7, 11) is 0. The zero-order valence-corrected chi connectivity index (χ0v) is 22.6. The molecule has 2 aliphatic rings. The third kappa shape index (κ3) is 5.30. The van der Waals surface area contributed by atoms with E-state index in [1.807, 2.05) is 43.0 Å². The number of carbonyl (C=O) groups excluding carboxylic acids is 2. The largest absolute Gasteiger partial charge is 0.372 e. The van der Waals surface area contributed by atoms with Gasteiger partial charge >= 0.3 is 0 Å². The van der Waals surface area contributed by atoms with Crippen LogP contribution >= 0.6 is 11.6 Å². The maximum atomic E-state index is 14.5. The lowest BCUT2D eigenvalue weighted by atomic mass is 9.88. The van der Waals surface area contributed by atoms with E-state index in [9.17, 15) is 14.0 Å². The molecule has 2 amide bonds. The minimum atomic E-state index is -0.502. The van der Waals surface area contributed by atoms with Gasteiger partial charge in [-0.1, -0.05) is 35.9 Å². The molecule has 38 heavy (non-hydrogen) atoms. The molecule has 2 N–H and O–H groups in total. The molecule has 3 heterocycles. The number of nitrogens with zero attached hydrogens (tertiary/aromatic N) is 3. The van der Waals surface area contributed by atoms with Gasteiger partial charge in [0.1, 0.15) is 18.1 Å². The molecule has 2 fully saturated rings. The molecular weight excluding hydrogens is 507 g/mol. The monoisotopic (exact) mass is 540 g/mol. The van der Waals surface area contributed by atoms with Gasteiger partial charge in [-0.2, -0.15) is 0 Å². The van der Waals surface area contributed by atoms with E-state index in [1.165, 1.54) is 6.07 Å². The number of rotatable bonds is 6. The zero-order valence-electron chi connectivity index (χ0n) is 21.8. The molecule has 2 saturated heterocycles. The van der Waals surface area contributed by atoms with Gasteiger partial charge in [-0.3, -0.25) is 14.5 Å². The molecule has 2 unspecified atom stereocenters. The van der Waals surface area contributed by atoms with Crippen molar-refractivity contribution in [2.75, 3.05) is 26.2 Å². The number of carbonyl (C=O) groups is 2. The molecule has 0 radical (unpaired) electrons. The van der Waals surface area contributed by atoms with Crippen LogP contribution in [0.5, 0.6) is 0 Å². The van der Waals surface area contributed by atoms with Crippen LogP contribution in [0.15, 0.2) is 42.5 Å². The van der Waals surface area contributed by atoms with Crippen LogP contribution in [-0.2, 0) is 22.6 Å². The van der Waals surface area contributed by atoms with Crippen molar-refractivity contribution in [1.82, 2.24) is 14.4 Å². The number of morpholine rings is 1. The Bertz CT molecular complexity index is 1320. The summed E-state index contributed by atoms with van der Waals surface area (Å²) in [5.41, 5.74) is 8.44. The number of halogens is 2. The number of aromatic nitrogens is 1. The lowest BCUT2D eigenvalue weighted by Crippen LogP contribution is -2.49. The summed E-state index contributed by atoms with van der Waals surface area (Å²) in [5, 5.41) is 1.41. The molecule has 2 aliphatic heterocycles. The third-order valence-corrected chi connectivity index (χ3v) is 8.01. The van der Waals surface area contributed by atoms with E-state index in [0.29, 0.717) is 35.9 Å². The van der Waals surface area contributed by atoms with Crippen molar-refractivity contribution in [1.29, 1.82) is 0 Å². The summed E-state index contributed by atoms with van der Waals surface area (Å²) in [6.45, 7) is 6.83.